The fourth-order valence-electron chi connectivity index (χ4n) is 1.71. The minimum atomic E-state index is -0.540. The minimum Gasteiger partial charge on any atom is -0.479 e. The Morgan fingerprint density at radius 1 is 1.58 bits per heavy atom. The van der Waals surface area contributed by atoms with Crippen LogP contribution in [0.4, 0.5) is 11.4 Å². The highest BCUT2D eigenvalue weighted by Gasteiger charge is 2.23. The van der Waals surface area contributed by atoms with Crippen molar-refractivity contribution in [3.63, 3.8) is 0 Å². The van der Waals surface area contributed by atoms with E-state index in [1.807, 2.05) is 6.92 Å². The van der Waals surface area contributed by atoms with Crippen LogP contribution in [0.1, 0.15) is 20.3 Å². The Labute approximate surface area is 111 Å². The van der Waals surface area contributed by atoms with Gasteiger partial charge in [0.1, 0.15) is 5.75 Å². The molecule has 0 aliphatic carbocycles. The lowest BCUT2D eigenvalue weighted by Gasteiger charge is -2.23. The summed E-state index contributed by atoms with van der Waals surface area (Å²) in [5, 5.41) is 5.42. The zero-order chi connectivity index (χ0) is 14.0. The van der Waals surface area contributed by atoms with E-state index in [0.717, 1.165) is 0 Å². The predicted octanol–water partition coefficient (Wildman–Crippen LogP) is 1.08. The average molecular weight is 263 g/mol. The lowest BCUT2D eigenvalue weighted by atomic mass is 10.2. The largest absolute Gasteiger partial charge is 0.479 e. The summed E-state index contributed by atoms with van der Waals surface area (Å²) in [6.45, 7) is 3.51. The quantitative estimate of drug-likeness (QED) is 0.760. The molecule has 6 heteroatoms. The third-order valence-electron chi connectivity index (χ3n) is 2.95. The number of amides is 2. The highest BCUT2D eigenvalue weighted by molar-refractivity contribution is 5.99. The molecule has 2 amide bonds. The van der Waals surface area contributed by atoms with Gasteiger partial charge in [-0.15, -0.1) is 0 Å². The molecule has 1 aromatic rings. The molecule has 0 spiro atoms. The van der Waals surface area contributed by atoms with Gasteiger partial charge in [-0.2, -0.15) is 0 Å². The number of hydrogen-bond donors (Lipinski definition) is 3. The van der Waals surface area contributed by atoms with Crippen molar-refractivity contribution in [2.45, 2.75) is 32.4 Å². The number of nitrogens with one attached hydrogen (secondary N) is 2. The summed E-state index contributed by atoms with van der Waals surface area (Å²) in [4.78, 5) is 23.2. The van der Waals surface area contributed by atoms with Crippen molar-refractivity contribution in [1.29, 1.82) is 0 Å². The molecule has 1 heterocycles. The van der Waals surface area contributed by atoms with Gasteiger partial charge in [-0.1, -0.05) is 6.92 Å². The number of rotatable bonds is 3. The molecule has 2 unspecified atom stereocenters. The topological polar surface area (TPSA) is 93.5 Å². The number of nitrogens with two attached hydrogens (primary N) is 1. The monoisotopic (exact) mass is 263 g/mol. The SMILES string of the molecule is CCC(N)C(=O)Nc1ccc2c(c1)NC(=O)C(C)O2. The van der Waals surface area contributed by atoms with Crippen molar-refractivity contribution in [1.82, 2.24) is 0 Å². The first kappa shape index (κ1) is 13.4. The van der Waals surface area contributed by atoms with Crippen molar-refractivity contribution < 1.29 is 14.3 Å². The molecule has 2 rings (SSSR count). The van der Waals surface area contributed by atoms with Gasteiger partial charge in [-0.05, 0) is 31.5 Å². The van der Waals surface area contributed by atoms with E-state index in [2.05, 4.69) is 10.6 Å². The highest BCUT2D eigenvalue weighted by atomic mass is 16.5. The average Bonchev–Trinajstić information content (AvgIpc) is 2.39. The van der Waals surface area contributed by atoms with Crippen LogP contribution in [0.2, 0.25) is 0 Å². The molecule has 0 bridgehead atoms. The minimum absolute atomic E-state index is 0.207. The number of hydrogen-bond acceptors (Lipinski definition) is 4. The Kier molecular flexibility index (Phi) is 3.71. The van der Waals surface area contributed by atoms with E-state index in [1.54, 1.807) is 25.1 Å². The molecule has 1 aliphatic heterocycles. The van der Waals surface area contributed by atoms with Crippen LogP contribution in [-0.2, 0) is 9.59 Å². The fraction of sp³-hybridized carbons (Fsp3) is 0.385. The Hall–Kier alpha value is -2.08. The van der Waals surface area contributed by atoms with Gasteiger partial charge in [-0.3, -0.25) is 9.59 Å². The van der Waals surface area contributed by atoms with E-state index in [0.29, 0.717) is 23.5 Å². The predicted molar refractivity (Wildman–Crippen MR) is 72.1 cm³/mol. The Bertz CT molecular complexity index is 516. The first-order valence-corrected chi connectivity index (χ1v) is 6.19. The molecular formula is C13H17N3O3. The zero-order valence-electron chi connectivity index (χ0n) is 10.9. The second kappa shape index (κ2) is 5.27. The third kappa shape index (κ3) is 2.85. The molecule has 0 saturated carbocycles. The van der Waals surface area contributed by atoms with E-state index in [-0.39, 0.29) is 11.8 Å². The summed E-state index contributed by atoms with van der Waals surface area (Å²) in [7, 11) is 0. The van der Waals surface area contributed by atoms with E-state index in [1.165, 1.54) is 0 Å². The normalized spacial score (nSPS) is 18.9. The molecule has 2 atom stereocenters. The first-order valence-electron chi connectivity index (χ1n) is 6.19. The molecule has 102 valence electrons. The van der Waals surface area contributed by atoms with Crippen molar-refractivity contribution in [3.05, 3.63) is 18.2 Å². The number of carbonyl (C=O) groups is 2. The number of anilines is 2. The molecule has 0 saturated heterocycles. The van der Waals surface area contributed by atoms with Gasteiger partial charge in [-0.25, -0.2) is 0 Å². The standard InChI is InChI=1S/C13H17N3O3/c1-3-9(14)13(18)15-8-4-5-11-10(6-8)16-12(17)7(2)19-11/h4-7,9H,3,14H2,1-2H3,(H,15,18)(H,16,17). The maximum Gasteiger partial charge on any atom is 0.265 e. The van der Waals surface area contributed by atoms with E-state index >= 15 is 0 Å². The zero-order valence-corrected chi connectivity index (χ0v) is 10.9. The van der Waals surface area contributed by atoms with Gasteiger partial charge < -0.3 is 21.1 Å². The number of benzene rings is 1. The lowest BCUT2D eigenvalue weighted by Crippen LogP contribution is -2.35. The second-order valence-electron chi connectivity index (χ2n) is 4.46. The van der Waals surface area contributed by atoms with Crippen LogP contribution < -0.4 is 21.1 Å². The molecular weight excluding hydrogens is 246 g/mol. The van der Waals surface area contributed by atoms with Crippen LogP contribution in [-0.4, -0.2) is 24.0 Å². The van der Waals surface area contributed by atoms with Gasteiger partial charge in [0.25, 0.3) is 5.91 Å². The van der Waals surface area contributed by atoms with Crippen LogP contribution in [0.15, 0.2) is 18.2 Å². The van der Waals surface area contributed by atoms with Crippen LogP contribution >= 0.6 is 0 Å². The highest BCUT2D eigenvalue weighted by Crippen LogP contribution is 2.32. The summed E-state index contributed by atoms with van der Waals surface area (Å²) in [5.74, 6) is 0.130. The molecule has 1 aromatic carbocycles. The number of carbonyl (C=O) groups excluding carboxylic acids is 2. The lowest BCUT2D eigenvalue weighted by molar-refractivity contribution is -0.122. The van der Waals surface area contributed by atoms with E-state index < -0.39 is 12.1 Å². The van der Waals surface area contributed by atoms with Crippen molar-refractivity contribution in [3.8, 4) is 5.75 Å². The third-order valence-corrected chi connectivity index (χ3v) is 2.95. The van der Waals surface area contributed by atoms with Crippen LogP contribution in [0, 0.1) is 0 Å². The van der Waals surface area contributed by atoms with Crippen LogP contribution in [0.3, 0.4) is 0 Å². The molecule has 4 N–H and O–H groups in total. The molecule has 0 radical (unpaired) electrons. The van der Waals surface area contributed by atoms with Crippen molar-refractivity contribution in [2.75, 3.05) is 10.6 Å². The van der Waals surface area contributed by atoms with Gasteiger partial charge in [0.2, 0.25) is 5.91 Å². The summed E-state index contributed by atoms with van der Waals surface area (Å²) >= 11 is 0. The molecule has 0 aromatic heterocycles. The van der Waals surface area contributed by atoms with Gasteiger partial charge in [0, 0.05) is 5.69 Å². The number of fused-ring (bicyclic) bond motifs is 1. The van der Waals surface area contributed by atoms with Gasteiger partial charge in [0.15, 0.2) is 6.10 Å². The van der Waals surface area contributed by atoms with Crippen LogP contribution in [0.5, 0.6) is 5.75 Å². The van der Waals surface area contributed by atoms with Gasteiger partial charge >= 0.3 is 0 Å². The maximum absolute atomic E-state index is 11.7. The second-order valence-corrected chi connectivity index (χ2v) is 4.46. The van der Waals surface area contributed by atoms with Crippen LogP contribution in [0.25, 0.3) is 0 Å². The molecule has 19 heavy (non-hydrogen) atoms. The molecule has 6 nitrogen and oxygen atoms in total. The van der Waals surface area contributed by atoms with E-state index in [4.69, 9.17) is 10.5 Å². The summed E-state index contributed by atoms with van der Waals surface area (Å²) in [6.07, 6.45) is 0.0511. The Morgan fingerprint density at radius 3 is 3.00 bits per heavy atom. The number of ether oxygens (including phenoxy) is 1. The fourth-order valence-corrected chi connectivity index (χ4v) is 1.71. The molecule has 0 fully saturated rings. The first-order chi connectivity index (χ1) is 9.01. The van der Waals surface area contributed by atoms with Crippen molar-refractivity contribution >= 4 is 23.2 Å². The summed E-state index contributed by atoms with van der Waals surface area (Å²) < 4.78 is 5.42. The Morgan fingerprint density at radius 2 is 2.32 bits per heavy atom. The Balaban J connectivity index is 2.15. The molecule has 1 aliphatic rings. The van der Waals surface area contributed by atoms with Gasteiger partial charge in [0.05, 0.1) is 11.7 Å². The summed E-state index contributed by atoms with van der Waals surface area (Å²) in [5.41, 5.74) is 6.76. The van der Waals surface area contributed by atoms with E-state index in [9.17, 15) is 9.59 Å². The summed E-state index contributed by atoms with van der Waals surface area (Å²) in [6, 6.07) is 4.53. The smallest absolute Gasteiger partial charge is 0.265 e. The maximum atomic E-state index is 11.7. The van der Waals surface area contributed by atoms with Crippen molar-refractivity contribution in [2.24, 2.45) is 5.73 Å².